The van der Waals surface area contributed by atoms with E-state index < -0.39 is 47.1 Å². The van der Waals surface area contributed by atoms with E-state index in [1.165, 1.54) is 0 Å². The third-order valence-electron chi connectivity index (χ3n) is 2.49. The number of rotatable bonds is 1. The van der Waals surface area contributed by atoms with Gasteiger partial charge in [0.15, 0.2) is 0 Å². The maximum absolute atomic E-state index is 11.0. The van der Waals surface area contributed by atoms with Crippen molar-refractivity contribution in [3.8, 4) is 0 Å². The van der Waals surface area contributed by atoms with Crippen molar-refractivity contribution in [2.24, 2.45) is 0 Å². The van der Waals surface area contributed by atoms with Crippen molar-refractivity contribution in [1.29, 1.82) is 0 Å². The number of fused-ring (bicyclic) bond motifs is 1. The molecule has 0 radical (unpaired) electrons. The molecule has 0 aromatic rings. The Morgan fingerprint density at radius 3 is 2.29 bits per heavy atom. The number of aliphatic hydroxyl groups is 5. The van der Waals surface area contributed by atoms with Gasteiger partial charge in [0.25, 0.3) is 5.79 Å². The molecule has 11 heteroatoms. The lowest BCUT2D eigenvalue weighted by atomic mass is 9.94. The van der Waals surface area contributed by atoms with E-state index in [0.717, 1.165) is 0 Å². The maximum Gasteiger partial charge on any atom is 0.407 e. The molecule has 2 aliphatic heterocycles. The molecule has 0 aliphatic carbocycles. The Morgan fingerprint density at radius 2 is 1.76 bits per heavy atom. The van der Waals surface area contributed by atoms with E-state index in [1.807, 2.05) is 0 Å². The first kappa shape index (κ1) is 13.1. The predicted octanol–water partition coefficient (Wildman–Crippen LogP) is -4.27. The molecular weight excluding hydrogens is 264 g/mol. The molecule has 100 valence electrons. The molecule has 0 amide bonds. The van der Waals surface area contributed by atoms with Crippen LogP contribution in [0.5, 0.6) is 0 Å². The maximum atomic E-state index is 11.0. The first-order valence-corrected chi connectivity index (χ1v) is 5.74. The van der Waals surface area contributed by atoms with Gasteiger partial charge in [-0.3, -0.25) is 0 Å². The van der Waals surface area contributed by atoms with Gasteiger partial charge >= 0.3 is 16.4 Å². The van der Waals surface area contributed by atoms with E-state index >= 15 is 0 Å². The summed E-state index contributed by atoms with van der Waals surface area (Å²) in [6.07, 6.45) is -5.72. The summed E-state index contributed by atoms with van der Waals surface area (Å²) in [4.78, 5) is 0. The Bertz CT molecular complexity index is 421. The SMILES string of the molecule is O=S1(=O)OC2(O)O[C@H](CO)[C@H](O)[C@H](O)[C@@]2(O)O1. The Hall–Kier alpha value is -0.370. The molecule has 2 heterocycles. The zero-order valence-corrected chi connectivity index (χ0v) is 8.94. The summed E-state index contributed by atoms with van der Waals surface area (Å²) >= 11 is 0. The van der Waals surface area contributed by atoms with E-state index in [-0.39, 0.29) is 0 Å². The van der Waals surface area contributed by atoms with E-state index in [2.05, 4.69) is 13.1 Å². The lowest BCUT2D eigenvalue weighted by Gasteiger charge is -2.44. The van der Waals surface area contributed by atoms with E-state index in [4.69, 9.17) is 5.11 Å². The second-order valence-electron chi connectivity index (χ2n) is 3.63. The second kappa shape index (κ2) is 3.57. The van der Waals surface area contributed by atoms with Crippen LogP contribution in [0.25, 0.3) is 0 Å². The smallest absolute Gasteiger partial charge is 0.394 e. The molecule has 2 aliphatic rings. The third kappa shape index (κ3) is 1.68. The zero-order valence-electron chi connectivity index (χ0n) is 8.12. The topological polar surface area (TPSA) is 163 Å². The van der Waals surface area contributed by atoms with Crippen molar-refractivity contribution in [3.05, 3.63) is 0 Å². The fourth-order valence-corrected chi connectivity index (χ4v) is 2.60. The summed E-state index contributed by atoms with van der Waals surface area (Å²) in [6, 6.07) is 0. The van der Waals surface area contributed by atoms with Gasteiger partial charge in [-0.25, -0.2) is 4.18 Å². The number of hydrogen-bond donors (Lipinski definition) is 5. The van der Waals surface area contributed by atoms with Crippen LogP contribution in [0.1, 0.15) is 0 Å². The molecule has 0 aromatic carbocycles. The highest BCUT2D eigenvalue weighted by Crippen LogP contribution is 2.45. The highest BCUT2D eigenvalue weighted by Gasteiger charge is 2.74. The molecule has 0 aromatic heterocycles. The molecule has 10 nitrogen and oxygen atoms in total. The molecular formula is C6H10O10S. The van der Waals surface area contributed by atoms with Gasteiger partial charge in [-0.15, -0.1) is 0 Å². The van der Waals surface area contributed by atoms with Gasteiger partial charge in [0.05, 0.1) is 6.61 Å². The van der Waals surface area contributed by atoms with Gasteiger partial charge < -0.3 is 30.3 Å². The summed E-state index contributed by atoms with van der Waals surface area (Å²) in [5.74, 6) is -6.45. The van der Waals surface area contributed by atoms with E-state index in [0.29, 0.717) is 0 Å². The van der Waals surface area contributed by atoms with Gasteiger partial charge in [-0.05, 0) is 0 Å². The number of ether oxygens (including phenoxy) is 1. The highest BCUT2D eigenvalue weighted by atomic mass is 32.3. The zero-order chi connectivity index (χ0) is 13.1. The molecule has 2 rings (SSSR count). The highest BCUT2D eigenvalue weighted by molar-refractivity contribution is 7.82. The first-order chi connectivity index (χ1) is 7.65. The average Bonchev–Trinajstić information content (AvgIpc) is 2.39. The van der Waals surface area contributed by atoms with Crippen molar-refractivity contribution in [3.63, 3.8) is 0 Å². The van der Waals surface area contributed by atoms with Crippen LogP contribution < -0.4 is 0 Å². The largest absolute Gasteiger partial charge is 0.407 e. The molecule has 17 heavy (non-hydrogen) atoms. The Balaban J connectivity index is 2.45. The normalized spacial score (nSPS) is 53.4. The number of hydrogen-bond acceptors (Lipinski definition) is 10. The lowest BCUT2D eigenvalue weighted by molar-refractivity contribution is -0.475. The van der Waals surface area contributed by atoms with Crippen molar-refractivity contribution < 1.29 is 47.1 Å². The minimum absolute atomic E-state index is 0.861. The van der Waals surface area contributed by atoms with Crippen molar-refractivity contribution in [1.82, 2.24) is 0 Å². The third-order valence-corrected chi connectivity index (χ3v) is 3.38. The number of aliphatic hydroxyl groups excluding tert-OH is 3. The Morgan fingerprint density at radius 1 is 1.18 bits per heavy atom. The predicted molar refractivity (Wildman–Crippen MR) is 45.0 cm³/mol. The van der Waals surface area contributed by atoms with Crippen LogP contribution in [-0.2, 0) is 23.5 Å². The van der Waals surface area contributed by atoms with E-state index in [1.54, 1.807) is 0 Å². The van der Waals surface area contributed by atoms with Crippen LogP contribution in [-0.4, -0.2) is 70.6 Å². The van der Waals surface area contributed by atoms with Crippen LogP contribution in [0.15, 0.2) is 0 Å². The van der Waals surface area contributed by atoms with Gasteiger partial charge in [0.2, 0.25) is 0 Å². The summed E-state index contributed by atoms with van der Waals surface area (Å²) in [5, 5.41) is 47.0. The fraction of sp³-hybridized carbons (Fsp3) is 1.00. The molecule has 2 saturated heterocycles. The van der Waals surface area contributed by atoms with E-state index in [9.17, 15) is 28.8 Å². The molecule has 0 bridgehead atoms. The van der Waals surface area contributed by atoms with Crippen molar-refractivity contribution >= 4 is 10.4 Å². The van der Waals surface area contributed by atoms with Crippen LogP contribution in [0.2, 0.25) is 0 Å². The van der Waals surface area contributed by atoms with Crippen molar-refractivity contribution in [2.45, 2.75) is 30.1 Å². The minimum Gasteiger partial charge on any atom is -0.394 e. The summed E-state index contributed by atoms with van der Waals surface area (Å²) in [7, 11) is -4.81. The molecule has 5 N–H and O–H groups in total. The quantitative estimate of drug-likeness (QED) is 0.316. The van der Waals surface area contributed by atoms with Gasteiger partial charge in [0, 0.05) is 0 Å². The molecule has 0 saturated carbocycles. The van der Waals surface area contributed by atoms with Crippen LogP contribution in [0, 0.1) is 0 Å². The second-order valence-corrected chi connectivity index (χ2v) is 4.78. The first-order valence-electron chi connectivity index (χ1n) is 4.41. The van der Waals surface area contributed by atoms with Gasteiger partial charge in [0.1, 0.15) is 18.3 Å². The fourth-order valence-electron chi connectivity index (χ4n) is 1.62. The average molecular weight is 274 g/mol. The standard InChI is InChI=1S/C6H10O10S/c7-1-2-3(8)4(9)5(10)6(11,14-2)16-17(12,13)15-5/h2-4,7-11H,1H2/t2-,3+,4+,5-,6?/m1/s1. The van der Waals surface area contributed by atoms with Gasteiger partial charge in [-0.2, -0.15) is 12.6 Å². The lowest BCUT2D eigenvalue weighted by Crippen LogP contribution is -2.71. The van der Waals surface area contributed by atoms with Crippen LogP contribution in [0.4, 0.5) is 0 Å². The molecule has 5 atom stereocenters. The molecule has 0 spiro atoms. The van der Waals surface area contributed by atoms with Crippen molar-refractivity contribution in [2.75, 3.05) is 6.61 Å². The monoisotopic (exact) mass is 274 g/mol. The summed E-state index contributed by atoms with van der Waals surface area (Å²) in [5.41, 5.74) is 0. The summed E-state index contributed by atoms with van der Waals surface area (Å²) < 4.78 is 34.3. The summed E-state index contributed by atoms with van der Waals surface area (Å²) in [6.45, 7) is -0.861. The van der Waals surface area contributed by atoms with Crippen LogP contribution >= 0.6 is 0 Å². The molecule has 2 fully saturated rings. The Kier molecular flexibility index (Phi) is 2.74. The Labute approximate surface area is 94.9 Å². The van der Waals surface area contributed by atoms with Gasteiger partial charge in [-0.1, -0.05) is 0 Å². The van der Waals surface area contributed by atoms with Crippen LogP contribution in [0.3, 0.4) is 0 Å². The molecule has 1 unspecified atom stereocenters. The minimum atomic E-state index is -4.81.